The van der Waals surface area contributed by atoms with Crippen LogP contribution in [0.25, 0.3) is 10.9 Å². The fourth-order valence-corrected chi connectivity index (χ4v) is 1.73. The highest BCUT2D eigenvalue weighted by molar-refractivity contribution is 5.81. The van der Waals surface area contributed by atoms with Crippen LogP contribution in [0.15, 0.2) is 24.4 Å². The molecule has 0 bridgehead atoms. The van der Waals surface area contributed by atoms with E-state index >= 15 is 0 Å². The van der Waals surface area contributed by atoms with Crippen LogP contribution in [0.2, 0.25) is 0 Å². The molecule has 0 saturated heterocycles. The van der Waals surface area contributed by atoms with Crippen LogP contribution in [0, 0.1) is 0 Å². The first kappa shape index (κ1) is 6.26. The van der Waals surface area contributed by atoms with E-state index in [9.17, 15) is 0 Å². The quantitative estimate of drug-likeness (QED) is 0.626. The summed E-state index contributed by atoms with van der Waals surface area (Å²) in [6.45, 7) is 1.54. The predicted octanol–water partition coefficient (Wildman–Crippen LogP) is 2.20. The van der Waals surface area contributed by atoms with Gasteiger partial charge in [-0.15, -0.1) is 0 Å². The molecule has 1 aliphatic rings. The van der Waals surface area contributed by atoms with Crippen LogP contribution < -0.4 is 0 Å². The van der Waals surface area contributed by atoms with Gasteiger partial charge in [-0.3, -0.25) is 0 Å². The summed E-state index contributed by atoms with van der Waals surface area (Å²) in [6.07, 6.45) is 1.97. The summed E-state index contributed by atoms with van der Waals surface area (Å²) in [5, 5.41) is 1.28. The van der Waals surface area contributed by atoms with E-state index in [4.69, 9.17) is 4.74 Å². The standard InChI is InChI=1S/C10H9NO/c1-2-11-10-4-9-6-12-5-8(9)3-7(1)10/h1-4,11H,5-6H2. The van der Waals surface area contributed by atoms with Gasteiger partial charge in [-0.05, 0) is 34.7 Å². The van der Waals surface area contributed by atoms with Crippen LogP contribution in [0.3, 0.4) is 0 Å². The molecule has 0 amide bonds. The SMILES string of the molecule is c1cc2cc3c(cc2[nH]1)COC3. The number of fused-ring (bicyclic) bond motifs is 2. The minimum atomic E-state index is 0.768. The van der Waals surface area contributed by atoms with Crippen molar-refractivity contribution in [3.63, 3.8) is 0 Å². The Labute approximate surface area is 70.2 Å². The first-order valence-electron chi connectivity index (χ1n) is 4.10. The molecule has 0 aliphatic carbocycles. The summed E-state index contributed by atoms with van der Waals surface area (Å²) >= 11 is 0. The Morgan fingerprint density at radius 2 is 2.00 bits per heavy atom. The predicted molar refractivity (Wildman–Crippen MR) is 46.8 cm³/mol. The van der Waals surface area contributed by atoms with Crippen molar-refractivity contribution in [1.29, 1.82) is 0 Å². The van der Waals surface area contributed by atoms with E-state index in [1.807, 2.05) is 6.20 Å². The van der Waals surface area contributed by atoms with Crippen LogP contribution in [0.5, 0.6) is 0 Å². The van der Waals surface area contributed by atoms with Gasteiger partial charge in [-0.2, -0.15) is 0 Å². The summed E-state index contributed by atoms with van der Waals surface area (Å²) in [5.74, 6) is 0. The summed E-state index contributed by atoms with van der Waals surface area (Å²) in [6, 6.07) is 6.47. The van der Waals surface area contributed by atoms with Crippen LogP contribution >= 0.6 is 0 Å². The van der Waals surface area contributed by atoms with Crippen molar-refractivity contribution in [3.05, 3.63) is 35.5 Å². The molecule has 2 heteroatoms. The zero-order valence-electron chi connectivity index (χ0n) is 6.63. The Hall–Kier alpha value is -1.28. The first-order chi connectivity index (χ1) is 5.93. The fraction of sp³-hybridized carbons (Fsp3) is 0.200. The number of aromatic nitrogens is 1. The monoisotopic (exact) mass is 159 g/mol. The number of benzene rings is 1. The minimum Gasteiger partial charge on any atom is -0.372 e. The summed E-state index contributed by atoms with van der Waals surface area (Å²) in [7, 11) is 0. The normalized spacial score (nSPS) is 15.3. The molecule has 2 nitrogen and oxygen atoms in total. The van der Waals surface area contributed by atoms with Crippen LogP contribution in [0.1, 0.15) is 11.1 Å². The lowest BCUT2D eigenvalue weighted by Crippen LogP contribution is -1.80. The van der Waals surface area contributed by atoms with E-state index in [-0.39, 0.29) is 0 Å². The van der Waals surface area contributed by atoms with Crippen molar-refractivity contribution in [1.82, 2.24) is 4.98 Å². The molecule has 0 spiro atoms. The fourth-order valence-electron chi connectivity index (χ4n) is 1.73. The maximum atomic E-state index is 5.34. The van der Waals surface area contributed by atoms with Crippen molar-refractivity contribution < 1.29 is 4.74 Å². The molecule has 1 aliphatic heterocycles. The Kier molecular flexibility index (Phi) is 1.10. The number of hydrogen-bond acceptors (Lipinski definition) is 1. The van der Waals surface area contributed by atoms with E-state index in [1.165, 1.54) is 22.0 Å². The maximum absolute atomic E-state index is 5.34. The number of rotatable bonds is 0. The zero-order chi connectivity index (χ0) is 7.97. The highest BCUT2D eigenvalue weighted by atomic mass is 16.5. The number of nitrogens with one attached hydrogen (secondary N) is 1. The zero-order valence-corrected chi connectivity index (χ0v) is 6.63. The molecule has 60 valence electrons. The molecule has 1 aromatic carbocycles. The van der Waals surface area contributed by atoms with Gasteiger partial charge in [0.25, 0.3) is 0 Å². The Bertz CT molecular complexity index is 392. The van der Waals surface area contributed by atoms with E-state index in [0.29, 0.717) is 0 Å². The highest BCUT2D eigenvalue weighted by Crippen LogP contribution is 2.24. The molecule has 0 radical (unpaired) electrons. The van der Waals surface area contributed by atoms with E-state index in [2.05, 4.69) is 23.2 Å². The molecule has 2 aromatic rings. The highest BCUT2D eigenvalue weighted by Gasteiger charge is 2.11. The molecule has 0 atom stereocenters. The second-order valence-electron chi connectivity index (χ2n) is 3.18. The topological polar surface area (TPSA) is 25.0 Å². The molecular weight excluding hydrogens is 150 g/mol. The van der Waals surface area contributed by atoms with Gasteiger partial charge in [0.15, 0.2) is 0 Å². The van der Waals surface area contributed by atoms with Gasteiger partial charge in [0.2, 0.25) is 0 Å². The smallest absolute Gasteiger partial charge is 0.0725 e. The molecule has 3 rings (SSSR count). The average molecular weight is 159 g/mol. The molecule has 1 N–H and O–H groups in total. The molecule has 12 heavy (non-hydrogen) atoms. The second kappa shape index (κ2) is 2.11. The lowest BCUT2D eigenvalue weighted by Gasteiger charge is -1.95. The molecule has 0 unspecified atom stereocenters. The Balaban J connectivity index is 2.38. The third-order valence-corrected chi connectivity index (χ3v) is 2.39. The van der Waals surface area contributed by atoms with E-state index in [1.54, 1.807) is 0 Å². The third-order valence-electron chi connectivity index (χ3n) is 2.39. The summed E-state index contributed by atoms with van der Waals surface area (Å²) in [4.78, 5) is 3.19. The molecular formula is C10H9NO. The van der Waals surface area contributed by atoms with Gasteiger partial charge < -0.3 is 9.72 Å². The Morgan fingerprint density at radius 3 is 2.92 bits per heavy atom. The van der Waals surface area contributed by atoms with Crippen molar-refractivity contribution in [2.45, 2.75) is 13.2 Å². The van der Waals surface area contributed by atoms with Crippen LogP contribution in [-0.2, 0) is 18.0 Å². The number of aromatic amines is 1. The molecule has 0 fully saturated rings. The van der Waals surface area contributed by atoms with Gasteiger partial charge >= 0.3 is 0 Å². The van der Waals surface area contributed by atoms with Crippen LogP contribution in [0.4, 0.5) is 0 Å². The van der Waals surface area contributed by atoms with Gasteiger partial charge in [0, 0.05) is 11.7 Å². The lowest BCUT2D eigenvalue weighted by molar-refractivity contribution is 0.134. The van der Waals surface area contributed by atoms with Crippen molar-refractivity contribution >= 4 is 10.9 Å². The Morgan fingerprint density at radius 1 is 1.17 bits per heavy atom. The summed E-state index contributed by atoms with van der Waals surface area (Å²) in [5.41, 5.74) is 3.87. The second-order valence-corrected chi connectivity index (χ2v) is 3.18. The molecule has 1 aromatic heterocycles. The minimum absolute atomic E-state index is 0.768. The lowest BCUT2D eigenvalue weighted by atomic mass is 10.1. The van der Waals surface area contributed by atoms with Gasteiger partial charge in [0.05, 0.1) is 13.2 Å². The largest absolute Gasteiger partial charge is 0.372 e. The number of hydrogen-bond donors (Lipinski definition) is 1. The van der Waals surface area contributed by atoms with E-state index < -0.39 is 0 Å². The average Bonchev–Trinajstić information content (AvgIpc) is 2.64. The molecule has 0 saturated carbocycles. The maximum Gasteiger partial charge on any atom is 0.0725 e. The van der Waals surface area contributed by atoms with Crippen LogP contribution in [-0.4, -0.2) is 4.98 Å². The summed E-state index contributed by atoms with van der Waals surface area (Å²) < 4.78 is 5.34. The molecule has 2 heterocycles. The van der Waals surface area contributed by atoms with Crippen molar-refractivity contribution in [2.24, 2.45) is 0 Å². The third kappa shape index (κ3) is 0.728. The van der Waals surface area contributed by atoms with Gasteiger partial charge in [-0.25, -0.2) is 0 Å². The first-order valence-corrected chi connectivity index (χ1v) is 4.10. The van der Waals surface area contributed by atoms with Crippen molar-refractivity contribution in [3.8, 4) is 0 Å². The van der Waals surface area contributed by atoms with Gasteiger partial charge in [-0.1, -0.05) is 0 Å². The van der Waals surface area contributed by atoms with Crippen molar-refractivity contribution in [2.75, 3.05) is 0 Å². The van der Waals surface area contributed by atoms with E-state index in [0.717, 1.165) is 13.2 Å². The number of H-pyrrole nitrogens is 1. The van der Waals surface area contributed by atoms with Gasteiger partial charge in [0.1, 0.15) is 0 Å². The number of ether oxygens (including phenoxy) is 1.